The maximum Gasteiger partial charge on any atom is 0.265 e. The second kappa shape index (κ2) is 6.96. The topological polar surface area (TPSA) is 92.5 Å². The Balaban J connectivity index is 0.00000208. The van der Waals surface area contributed by atoms with E-state index < -0.39 is 10.0 Å². The number of rotatable bonds is 5. The van der Waals surface area contributed by atoms with Crippen molar-refractivity contribution in [1.82, 2.24) is 5.32 Å². The Morgan fingerprint density at radius 1 is 1.25 bits per heavy atom. The highest BCUT2D eigenvalue weighted by Crippen LogP contribution is 2.41. The summed E-state index contributed by atoms with van der Waals surface area (Å²) in [5.41, 5.74) is 6.07. The van der Waals surface area contributed by atoms with Gasteiger partial charge in [-0.25, -0.2) is 8.42 Å². The fraction of sp³-hybridized carbons (Fsp3) is 0.312. The van der Waals surface area contributed by atoms with E-state index in [1.807, 2.05) is 19.1 Å². The third-order valence-electron chi connectivity index (χ3n) is 4.02. The van der Waals surface area contributed by atoms with E-state index in [1.54, 1.807) is 24.3 Å². The largest absolute Gasteiger partial charge is 0.354 e. The maximum atomic E-state index is 12.7. The van der Waals surface area contributed by atoms with Crippen molar-refractivity contribution in [3.8, 4) is 0 Å². The summed E-state index contributed by atoms with van der Waals surface area (Å²) in [5.74, 6) is -0.187. The van der Waals surface area contributed by atoms with E-state index in [-0.39, 0.29) is 35.7 Å². The van der Waals surface area contributed by atoms with Crippen LogP contribution in [0.3, 0.4) is 0 Å². The fourth-order valence-corrected chi connectivity index (χ4v) is 4.35. The molecule has 1 amide bonds. The van der Waals surface area contributed by atoms with Gasteiger partial charge in [-0.05, 0) is 30.0 Å². The van der Waals surface area contributed by atoms with Crippen molar-refractivity contribution in [3.05, 3.63) is 36.4 Å². The Labute approximate surface area is 147 Å². The van der Waals surface area contributed by atoms with Gasteiger partial charge in [0.15, 0.2) is 0 Å². The van der Waals surface area contributed by atoms with Crippen LogP contribution in [0.2, 0.25) is 0 Å². The Hall–Kier alpha value is -1.83. The number of hydrogen-bond acceptors (Lipinski definition) is 4. The summed E-state index contributed by atoms with van der Waals surface area (Å²) in [5, 5.41) is 4.26. The van der Waals surface area contributed by atoms with Crippen LogP contribution in [0.15, 0.2) is 41.3 Å². The van der Waals surface area contributed by atoms with E-state index in [0.29, 0.717) is 24.2 Å². The second-order valence-corrected chi connectivity index (χ2v) is 7.62. The van der Waals surface area contributed by atoms with Gasteiger partial charge in [-0.15, -0.1) is 12.4 Å². The molecule has 0 bridgehead atoms. The molecule has 1 aliphatic rings. The Bertz CT molecular complexity index is 865. The Morgan fingerprint density at radius 2 is 1.92 bits per heavy atom. The lowest BCUT2D eigenvalue weighted by Gasteiger charge is -2.19. The first kappa shape index (κ1) is 18.5. The first-order valence-electron chi connectivity index (χ1n) is 7.46. The highest BCUT2D eigenvalue weighted by Gasteiger charge is 2.36. The molecule has 0 radical (unpaired) electrons. The number of nitrogens with two attached hydrogens (primary N) is 1. The molecule has 130 valence electrons. The zero-order valence-corrected chi connectivity index (χ0v) is 14.9. The predicted molar refractivity (Wildman–Crippen MR) is 97.0 cm³/mol. The van der Waals surface area contributed by atoms with Crippen LogP contribution >= 0.6 is 12.4 Å². The molecule has 2 aromatic rings. The first-order chi connectivity index (χ1) is 10.9. The summed E-state index contributed by atoms with van der Waals surface area (Å²) >= 11 is 0. The quantitative estimate of drug-likeness (QED) is 0.834. The van der Waals surface area contributed by atoms with Crippen LogP contribution in [-0.4, -0.2) is 34.0 Å². The summed E-state index contributed by atoms with van der Waals surface area (Å²) in [4.78, 5) is 12.4. The number of anilines is 1. The van der Waals surface area contributed by atoms with Crippen molar-refractivity contribution < 1.29 is 13.2 Å². The Kier molecular flexibility index (Phi) is 5.37. The molecular weight excluding hydrogens is 350 g/mol. The minimum absolute atomic E-state index is 0. The second-order valence-electron chi connectivity index (χ2n) is 5.79. The van der Waals surface area contributed by atoms with Crippen LogP contribution in [-0.2, 0) is 14.8 Å². The zero-order valence-electron chi connectivity index (χ0n) is 13.2. The van der Waals surface area contributed by atoms with Crippen molar-refractivity contribution in [1.29, 1.82) is 0 Å². The number of carbonyl (C=O) groups excluding carboxylic acids is 1. The third kappa shape index (κ3) is 3.07. The average Bonchev–Trinajstić information content (AvgIpc) is 2.76. The molecule has 0 saturated heterocycles. The van der Waals surface area contributed by atoms with Crippen LogP contribution in [0.25, 0.3) is 10.8 Å². The molecule has 3 rings (SSSR count). The molecule has 3 N–H and O–H groups in total. The van der Waals surface area contributed by atoms with Gasteiger partial charge < -0.3 is 11.1 Å². The summed E-state index contributed by atoms with van der Waals surface area (Å²) in [6.07, 6.45) is 0. The van der Waals surface area contributed by atoms with Gasteiger partial charge in [0, 0.05) is 11.9 Å². The Morgan fingerprint density at radius 3 is 2.58 bits per heavy atom. The highest BCUT2D eigenvalue weighted by molar-refractivity contribution is 7.93. The van der Waals surface area contributed by atoms with E-state index in [1.165, 1.54) is 4.31 Å². The molecule has 24 heavy (non-hydrogen) atoms. The number of nitrogens with zero attached hydrogens (tertiary/aromatic N) is 1. The number of sulfonamides is 1. The smallest absolute Gasteiger partial charge is 0.265 e. The predicted octanol–water partition coefficient (Wildman–Crippen LogP) is 1.48. The van der Waals surface area contributed by atoms with Gasteiger partial charge in [0.2, 0.25) is 5.91 Å². The van der Waals surface area contributed by atoms with Gasteiger partial charge >= 0.3 is 0 Å². The van der Waals surface area contributed by atoms with Crippen LogP contribution < -0.4 is 15.4 Å². The number of hydrogen-bond donors (Lipinski definition) is 2. The van der Waals surface area contributed by atoms with Gasteiger partial charge in [-0.2, -0.15) is 0 Å². The van der Waals surface area contributed by atoms with Crippen LogP contribution in [0.4, 0.5) is 5.69 Å². The molecule has 1 atom stereocenters. The van der Waals surface area contributed by atoms with Crippen molar-refractivity contribution >= 4 is 44.8 Å². The molecule has 2 aromatic carbocycles. The molecule has 0 aromatic heterocycles. The molecule has 1 aliphatic heterocycles. The summed E-state index contributed by atoms with van der Waals surface area (Å²) < 4.78 is 26.6. The van der Waals surface area contributed by atoms with Gasteiger partial charge in [0.25, 0.3) is 10.0 Å². The molecule has 1 heterocycles. The molecular formula is C16H20ClN3O3S. The van der Waals surface area contributed by atoms with E-state index >= 15 is 0 Å². The minimum atomic E-state index is -3.69. The van der Waals surface area contributed by atoms with E-state index in [9.17, 15) is 13.2 Å². The first-order valence-corrected chi connectivity index (χ1v) is 8.90. The van der Waals surface area contributed by atoms with Crippen LogP contribution in [0, 0.1) is 5.92 Å². The normalized spacial score (nSPS) is 15.8. The van der Waals surface area contributed by atoms with Gasteiger partial charge in [0.1, 0.15) is 6.54 Å². The van der Waals surface area contributed by atoms with Crippen molar-refractivity contribution in [3.63, 3.8) is 0 Å². The molecule has 0 saturated carbocycles. The average molecular weight is 370 g/mol. The SMILES string of the molecule is CC(CN)CNC(=O)CN1c2cccc3cccc(c23)S1(=O)=O.Cl. The van der Waals surface area contributed by atoms with Crippen molar-refractivity contribution in [2.24, 2.45) is 11.7 Å². The number of benzene rings is 2. The third-order valence-corrected chi connectivity index (χ3v) is 5.82. The minimum Gasteiger partial charge on any atom is -0.354 e. The van der Waals surface area contributed by atoms with E-state index in [4.69, 9.17) is 5.73 Å². The fourth-order valence-electron chi connectivity index (χ4n) is 2.69. The summed E-state index contributed by atoms with van der Waals surface area (Å²) in [6, 6.07) is 10.5. The molecule has 1 unspecified atom stereocenters. The summed E-state index contributed by atoms with van der Waals surface area (Å²) in [7, 11) is -3.69. The number of carbonyl (C=O) groups is 1. The standard InChI is InChI=1S/C16H19N3O3S.ClH/c1-11(8-17)9-18-15(20)10-19-13-6-2-4-12-5-3-7-14(16(12)13)23(19,21)22;/h2-7,11H,8-10,17H2,1H3,(H,18,20);1H. The molecule has 0 fully saturated rings. The van der Waals surface area contributed by atoms with Crippen LogP contribution in [0.5, 0.6) is 0 Å². The van der Waals surface area contributed by atoms with Crippen molar-refractivity contribution in [2.75, 3.05) is 23.9 Å². The lowest BCUT2D eigenvalue weighted by Crippen LogP contribution is -2.41. The van der Waals surface area contributed by atoms with Gasteiger partial charge in [-0.3, -0.25) is 9.10 Å². The van der Waals surface area contributed by atoms with E-state index in [0.717, 1.165) is 5.39 Å². The monoisotopic (exact) mass is 369 g/mol. The maximum absolute atomic E-state index is 12.7. The molecule has 8 heteroatoms. The highest BCUT2D eigenvalue weighted by atomic mass is 35.5. The number of nitrogens with one attached hydrogen (secondary N) is 1. The van der Waals surface area contributed by atoms with Crippen molar-refractivity contribution in [2.45, 2.75) is 11.8 Å². The van der Waals surface area contributed by atoms with Gasteiger partial charge in [-0.1, -0.05) is 31.2 Å². The molecule has 0 aliphatic carbocycles. The van der Waals surface area contributed by atoms with Crippen LogP contribution in [0.1, 0.15) is 6.92 Å². The summed E-state index contributed by atoms with van der Waals surface area (Å²) in [6.45, 7) is 2.59. The number of amides is 1. The lowest BCUT2D eigenvalue weighted by molar-refractivity contribution is -0.119. The zero-order chi connectivity index (χ0) is 16.6. The lowest BCUT2D eigenvalue weighted by atomic mass is 10.1. The molecule has 6 nitrogen and oxygen atoms in total. The number of halogens is 1. The van der Waals surface area contributed by atoms with E-state index in [2.05, 4.69) is 5.32 Å². The van der Waals surface area contributed by atoms with Gasteiger partial charge in [0.05, 0.1) is 10.6 Å². The molecule has 0 spiro atoms.